The van der Waals surface area contributed by atoms with E-state index in [0.717, 1.165) is 0 Å². The highest BCUT2D eigenvalue weighted by Crippen LogP contribution is 2.14. The standard InChI is InChI=1S/C34H62N6O6/c1-19(2)11-25-15-31(43)39-27(21(5)6)17-33(45)36-24(10)14-30(42)38-26(12-20(3)4)16-32(44)40-28(22(7)8)18-34(46)35-23(9)13-29(41)37-25/h19-28H,11-18H2,1-10H3,(H,35,46)(H,36,45)(H,37,41)(H,38,42)(H,39,43)(H,40,44). The molecule has 6 N–H and O–H groups in total. The largest absolute Gasteiger partial charge is 0.353 e. The van der Waals surface area contributed by atoms with E-state index < -0.39 is 36.3 Å². The third-order valence-corrected chi connectivity index (χ3v) is 8.02. The second kappa shape index (κ2) is 20.1. The van der Waals surface area contributed by atoms with Gasteiger partial charge in [0.05, 0.1) is 0 Å². The van der Waals surface area contributed by atoms with Gasteiger partial charge in [-0.15, -0.1) is 0 Å². The Bertz CT molecular complexity index is 950. The normalized spacial score (nSPS) is 27.8. The van der Waals surface area contributed by atoms with E-state index in [1.165, 1.54) is 0 Å². The van der Waals surface area contributed by atoms with E-state index in [9.17, 15) is 28.8 Å². The van der Waals surface area contributed by atoms with Crippen molar-refractivity contribution < 1.29 is 28.8 Å². The first-order valence-electron chi connectivity index (χ1n) is 17.1. The SMILES string of the molecule is CC(C)CC1CC(=O)NC(C(C)C)CC(=O)NC(C)CC(=O)NC(CC(C)C)CC(=O)NC(C(C)C)CC(=O)NC(C)CC(=O)N1. The Morgan fingerprint density at radius 2 is 0.717 bits per heavy atom. The zero-order chi connectivity index (χ0) is 35.1. The van der Waals surface area contributed by atoms with Gasteiger partial charge < -0.3 is 31.9 Å². The van der Waals surface area contributed by atoms with E-state index in [1.807, 2.05) is 55.4 Å². The van der Waals surface area contributed by atoms with Gasteiger partial charge in [0.1, 0.15) is 0 Å². The quantitative estimate of drug-likeness (QED) is 0.258. The van der Waals surface area contributed by atoms with Crippen LogP contribution >= 0.6 is 0 Å². The number of hydrogen-bond acceptors (Lipinski definition) is 6. The maximum Gasteiger partial charge on any atom is 0.222 e. The molecule has 0 saturated carbocycles. The molecule has 6 unspecified atom stereocenters. The summed E-state index contributed by atoms with van der Waals surface area (Å²) in [6, 6.07) is -2.64. The lowest BCUT2D eigenvalue weighted by molar-refractivity contribution is -0.126. The molecule has 6 atom stereocenters. The van der Waals surface area contributed by atoms with E-state index in [-0.39, 0.29) is 97.6 Å². The van der Waals surface area contributed by atoms with Crippen molar-refractivity contribution in [1.82, 2.24) is 31.9 Å². The highest BCUT2D eigenvalue weighted by Gasteiger charge is 2.27. The third-order valence-electron chi connectivity index (χ3n) is 8.02. The van der Waals surface area contributed by atoms with Crippen LogP contribution in [-0.2, 0) is 28.8 Å². The van der Waals surface area contributed by atoms with Crippen molar-refractivity contribution in [2.45, 2.75) is 157 Å². The summed E-state index contributed by atoms with van der Waals surface area (Å²) < 4.78 is 0. The molecule has 1 aliphatic rings. The van der Waals surface area contributed by atoms with Gasteiger partial charge in [-0.3, -0.25) is 28.8 Å². The summed E-state index contributed by atoms with van der Waals surface area (Å²) >= 11 is 0. The Morgan fingerprint density at radius 3 is 1.00 bits per heavy atom. The van der Waals surface area contributed by atoms with Gasteiger partial charge in [-0.25, -0.2) is 0 Å². The number of hydrogen-bond donors (Lipinski definition) is 6. The molecule has 1 heterocycles. The Kier molecular flexibility index (Phi) is 17.9. The maximum atomic E-state index is 13.1. The van der Waals surface area contributed by atoms with Gasteiger partial charge in [-0.1, -0.05) is 55.4 Å². The first-order chi connectivity index (χ1) is 21.3. The molecule has 0 bridgehead atoms. The zero-order valence-electron chi connectivity index (χ0n) is 29.9. The first kappa shape index (κ1) is 40.8. The van der Waals surface area contributed by atoms with Crippen molar-refractivity contribution in [3.05, 3.63) is 0 Å². The lowest BCUT2D eigenvalue weighted by Gasteiger charge is -2.27. The van der Waals surface area contributed by atoms with Crippen LogP contribution in [0.5, 0.6) is 0 Å². The Balaban J connectivity index is 3.24. The van der Waals surface area contributed by atoms with E-state index in [4.69, 9.17) is 0 Å². The molecule has 12 heteroatoms. The molecular weight excluding hydrogens is 588 g/mol. The summed E-state index contributed by atoms with van der Waals surface area (Å²) in [5.74, 6) is -1.28. The minimum Gasteiger partial charge on any atom is -0.353 e. The van der Waals surface area contributed by atoms with Crippen LogP contribution in [0.3, 0.4) is 0 Å². The maximum absolute atomic E-state index is 13.1. The van der Waals surface area contributed by atoms with E-state index >= 15 is 0 Å². The van der Waals surface area contributed by atoms with Crippen LogP contribution < -0.4 is 31.9 Å². The molecule has 6 amide bonds. The van der Waals surface area contributed by atoms with Crippen LogP contribution in [0.2, 0.25) is 0 Å². The van der Waals surface area contributed by atoms with Gasteiger partial charge in [0.2, 0.25) is 35.4 Å². The fourth-order valence-electron chi connectivity index (χ4n) is 5.71. The predicted octanol–water partition coefficient (Wildman–Crippen LogP) is 2.69. The molecule has 264 valence electrons. The average molecular weight is 651 g/mol. The number of rotatable bonds is 6. The van der Waals surface area contributed by atoms with E-state index in [2.05, 4.69) is 31.9 Å². The lowest BCUT2D eigenvalue weighted by Crippen LogP contribution is -2.49. The molecular formula is C34H62N6O6. The van der Waals surface area contributed by atoms with Crippen LogP contribution in [0.1, 0.15) is 121 Å². The summed E-state index contributed by atoms with van der Waals surface area (Å²) in [4.78, 5) is 78.0. The number of nitrogens with one attached hydrogen (secondary N) is 6. The van der Waals surface area contributed by atoms with Crippen molar-refractivity contribution in [1.29, 1.82) is 0 Å². The molecule has 0 aromatic rings. The minimum atomic E-state index is -0.466. The molecule has 0 aromatic carbocycles. The summed E-state index contributed by atoms with van der Waals surface area (Å²) in [7, 11) is 0. The second-order valence-electron chi connectivity index (χ2n) is 14.8. The van der Waals surface area contributed by atoms with Crippen molar-refractivity contribution in [2.75, 3.05) is 0 Å². The van der Waals surface area contributed by atoms with Crippen molar-refractivity contribution in [3.8, 4) is 0 Å². The molecule has 1 rings (SSSR count). The average Bonchev–Trinajstić information content (AvgIpc) is 2.85. The van der Waals surface area contributed by atoms with Crippen LogP contribution in [0.15, 0.2) is 0 Å². The minimum absolute atomic E-state index is 0.0320. The van der Waals surface area contributed by atoms with Crippen molar-refractivity contribution in [2.24, 2.45) is 23.7 Å². The smallest absolute Gasteiger partial charge is 0.222 e. The second-order valence-corrected chi connectivity index (χ2v) is 14.8. The molecule has 1 fully saturated rings. The van der Waals surface area contributed by atoms with E-state index in [0.29, 0.717) is 12.8 Å². The van der Waals surface area contributed by atoms with Crippen LogP contribution in [0.4, 0.5) is 0 Å². The van der Waals surface area contributed by atoms with Crippen LogP contribution in [0.25, 0.3) is 0 Å². The van der Waals surface area contributed by atoms with Gasteiger partial charge in [0.15, 0.2) is 0 Å². The lowest BCUT2D eigenvalue weighted by atomic mass is 9.97. The van der Waals surface area contributed by atoms with Crippen molar-refractivity contribution in [3.63, 3.8) is 0 Å². The van der Waals surface area contributed by atoms with Gasteiger partial charge >= 0.3 is 0 Å². The summed E-state index contributed by atoms with van der Waals surface area (Å²) in [5, 5.41) is 17.6. The molecule has 46 heavy (non-hydrogen) atoms. The summed E-state index contributed by atoms with van der Waals surface area (Å²) in [6.45, 7) is 19.2. The fourth-order valence-corrected chi connectivity index (χ4v) is 5.71. The first-order valence-corrected chi connectivity index (χ1v) is 17.1. The Labute approximate surface area is 276 Å². The number of carbonyl (C=O) groups is 6. The highest BCUT2D eigenvalue weighted by atomic mass is 16.2. The van der Waals surface area contributed by atoms with Gasteiger partial charge in [0.25, 0.3) is 0 Å². The van der Waals surface area contributed by atoms with Gasteiger partial charge in [-0.2, -0.15) is 0 Å². The molecule has 0 spiro atoms. The summed E-state index contributed by atoms with van der Waals surface area (Å²) in [5.41, 5.74) is 0. The Hall–Kier alpha value is -3.18. The molecule has 0 aromatic heterocycles. The highest BCUT2D eigenvalue weighted by molar-refractivity contribution is 5.84. The van der Waals surface area contributed by atoms with Crippen LogP contribution in [-0.4, -0.2) is 71.7 Å². The fraction of sp³-hybridized carbons (Fsp3) is 0.824. The Morgan fingerprint density at radius 1 is 0.435 bits per heavy atom. The monoisotopic (exact) mass is 650 g/mol. The molecule has 0 radical (unpaired) electrons. The molecule has 1 saturated heterocycles. The predicted molar refractivity (Wildman–Crippen MR) is 179 cm³/mol. The molecule has 1 aliphatic heterocycles. The van der Waals surface area contributed by atoms with Crippen molar-refractivity contribution >= 4 is 35.4 Å². The van der Waals surface area contributed by atoms with Gasteiger partial charge in [-0.05, 0) is 50.4 Å². The number of carbonyl (C=O) groups excluding carboxylic acids is 6. The third kappa shape index (κ3) is 17.5. The van der Waals surface area contributed by atoms with E-state index in [1.54, 1.807) is 13.8 Å². The molecule has 12 nitrogen and oxygen atoms in total. The summed E-state index contributed by atoms with van der Waals surface area (Å²) in [6.07, 6.45) is 1.43. The topological polar surface area (TPSA) is 175 Å². The zero-order valence-corrected chi connectivity index (χ0v) is 29.9. The van der Waals surface area contributed by atoms with Gasteiger partial charge in [0, 0.05) is 74.8 Å². The van der Waals surface area contributed by atoms with Crippen LogP contribution in [0, 0.1) is 23.7 Å². The molecule has 0 aliphatic carbocycles. The number of amides is 6.